The quantitative estimate of drug-likeness (QED) is 0.707. The largest absolute Gasteiger partial charge is 0.383 e. The van der Waals surface area contributed by atoms with Gasteiger partial charge in [-0.25, -0.2) is 0 Å². The van der Waals surface area contributed by atoms with Crippen molar-refractivity contribution in [1.29, 1.82) is 0 Å². The fourth-order valence-electron chi connectivity index (χ4n) is 1.89. The Morgan fingerprint density at radius 3 is 2.86 bits per heavy atom. The van der Waals surface area contributed by atoms with Crippen molar-refractivity contribution in [3.05, 3.63) is 24.0 Å². The van der Waals surface area contributed by atoms with Gasteiger partial charge in [-0.15, -0.1) is 0 Å². The van der Waals surface area contributed by atoms with E-state index in [4.69, 9.17) is 0 Å². The van der Waals surface area contributed by atoms with Crippen LogP contribution in [0.2, 0.25) is 0 Å². The Kier molecular flexibility index (Phi) is 5.14. The number of amides is 2. The van der Waals surface area contributed by atoms with Gasteiger partial charge >= 0.3 is 0 Å². The van der Waals surface area contributed by atoms with Gasteiger partial charge in [0.2, 0.25) is 5.91 Å². The summed E-state index contributed by atoms with van der Waals surface area (Å²) in [4.78, 5) is 28.2. The van der Waals surface area contributed by atoms with Crippen LogP contribution in [-0.4, -0.2) is 35.4 Å². The molecule has 1 aliphatic carbocycles. The van der Waals surface area contributed by atoms with Crippen molar-refractivity contribution in [3.8, 4) is 0 Å². The number of nitrogens with zero attached hydrogens (tertiary/aromatic N) is 1. The van der Waals surface area contributed by atoms with E-state index in [1.165, 1.54) is 0 Å². The highest BCUT2D eigenvalue weighted by Gasteiger charge is 2.26. The van der Waals surface area contributed by atoms with Crippen LogP contribution < -0.4 is 16.0 Å². The summed E-state index contributed by atoms with van der Waals surface area (Å²) in [6, 6.07) is 1.39. The average molecular weight is 290 g/mol. The Balaban J connectivity index is 1.96. The van der Waals surface area contributed by atoms with Crippen LogP contribution in [0.1, 0.15) is 43.5 Å². The van der Waals surface area contributed by atoms with Crippen LogP contribution in [0.15, 0.2) is 18.5 Å². The molecule has 1 aliphatic rings. The Morgan fingerprint density at radius 1 is 1.43 bits per heavy atom. The van der Waals surface area contributed by atoms with Crippen molar-refractivity contribution >= 4 is 17.5 Å². The van der Waals surface area contributed by atoms with E-state index < -0.39 is 6.04 Å². The normalized spacial score (nSPS) is 15.1. The minimum Gasteiger partial charge on any atom is -0.383 e. The van der Waals surface area contributed by atoms with Crippen molar-refractivity contribution in [2.24, 2.45) is 0 Å². The number of anilines is 1. The molecule has 1 aromatic rings. The molecule has 3 N–H and O–H groups in total. The first-order valence-corrected chi connectivity index (χ1v) is 7.41. The first-order valence-electron chi connectivity index (χ1n) is 7.41. The molecule has 1 fully saturated rings. The van der Waals surface area contributed by atoms with Gasteiger partial charge in [0, 0.05) is 18.8 Å². The number of aromatic nitrogens is 1. The Hall–Kier alpha value is -2.11. The first kappa shape index (κ1) is 15.3. The van der Waals surface area contributed by atoms with Gasteiger partial charge in [-0.3, -0.25) is 14.6 Å². The highest BCUT2D eigenvalue weighted by Crippen LogP contribution is 2.18. The van der Waals surface area contributed by atoms with E-state index in [2.05, 4.69) is 20.9 Å². The lowest BCUT2D eigenvalue weighted by Gasteiger charge is -2.15. The molecule has 6 nitrogen and oxygen atoms in total. The van der Waals surface area contributed by atoms with Gasteiger partial charge in [0.1, 0.15) is 6.04 Å². The lowest BCUT2D eigenvalue weighted by atomic mass is 10.2. The van der Waals surface area contributed by atoms with Gasteiger partial charge in [-0.05, 0) is 32.3 Å². The number of carbonyl (C=O) groups excluding carboxylic acids is 2. The smallest absolute Gasteiger partial charge is 0.254 e. The van der Waals surface area contributed by atoms with Crippen molar-refractivity contribution in [2.75, 3.05) is 11.9 Å². The zero-order valence-corrected chi connectivity index (χ0v) is 12.5. The van der Waals surface area contributed by atoms with E-state index in [0.29, 0.717) is 17.3 Å². The third-order valence-electron chi connectivity index (χ3n) is 3.30. The molecule has 0 bridgehead atoms. The summed E-state index contributed by atoms with van der Waals surface area (Å²) in [5.41, 5.74) is 1.19. The van der Waals surface area contributed by atoms with Crippen molar-refractivity contribution in [3.63, 3.8) is 0 Å². The molecule has 2 amide bonds. The van der Waals surface area contributed by atoms with Crippen molar-refractivity contribution in [2.45, 2.75) is 45.2 Å². The molecular formula is C15H22N4O2. The van der Waals surface area contributed by atoms with Crippen LogP contribution in [0.4, 0.5) is 5.69 Å². The van der Waals surface area contributed by atoms with Crippen LogP contribution in [0, 0.1) is 0 Å². The van der Waals surface area contributed by atoms with Gasteiger partial charge in [0.25, 0.3) is 5.91 Å². The fourth-order valence-corrected chi connectivity index (χ4v) is 1.89. The van der Waals surface area contributed by atoms with E-state index in [9.17, 15) is 9.59 Å². The molecule has 6 heteroatoms. The predicted molar refractivity (Wildman–Crippen MR) is 81.1 cm³/mol. The fraction of sp³-hybridized carbons (Fsp3) is 0.533. The van der Waals surface area contributed by atoms with E-state index in [0.717, 1.165) is 25.8 Å². The Bertz CT molecular complexity index is 514. The van der Waals surface area contributed by atoms with Gasteiger partial charge in [-0.2, -0.15) is 0 Å². The van der Waals surface area contributed by atoms with E-state index >= 15 is 0 Å². The van der Waals surface area contributed by atoms with Gasteiger partial charge in [0.15, 0.2) is 0 Å². The standard InChI is InChI=1S/C15H22N4O2/c1-3-7-17-13-9-16-8-6-12(13)15(21)18-10(2)14(20)19-11-4-5-11/h6,8-11,17H,3-5,7H2,1-2H3,(H,18,21)(H,19,20). The molecule has 1 heterocycles. The zero-order chi connectivity index (χ0) is 15.2. The Labute approximate surface area is 124 Å². The van der Waals surface area contributed by atoms with E-state index in [1.807, 2.05) is 6.92 Å². The third kappa shape index (κ3) is 4.44. The molecule has 1 aromatic heterocycles. The SMILES string of the molecule is CCCNc1cnccc1C(=O)NC(C)C(=O)NC1CC1. The maximum Gasteiger partial charge on any atom is 0.254 e. The summed E-state index contributed by atoms with van der Waals surface area (Å²) in [7, 11) is 0. The molecule has 0 saturated heterocycles. The summed E-state index contributed by atoms with van der Waals surface area (Å²) < 4.78 is 0. The minimum absolute atomic E-state index is 0.136. The number of hydrogen-bond acceptors (Lipinski definition) is 4. The van der Waals surface area contributed by atoms with Crippen molar-refractivity contribution in [1.82, 2.24) is 15.6 Å². The maximum atomic E-state index is 12.3. The molecule has 21 heavy (non-hydrogen) atoms. The second-order valence-electron chi connectivity index (χ2n) is 5.33. The van der Waals surface area contributed by atoms with Crippen LogP contribution in [0.5, 0.6) is 0 Å². The second-order valence-corrected chi connectivity index (χ2v) is 5.33. The monoisotopic (exact) mass is 290 g/mol. The molecule has 1 saturated carbocycles. The number of pyridine rings is 1. The second kappa shape index (κ2) is 7.06. The molecule has 0 spiro atoms. The summed E-state index contributed by atoms with van der Waals surface area (Å²) >= 11 is 0. The molecule has 1 atom stereocenters. The molecule has 114 valence electrons. The number of hydrogen-bond donors (Lipinski definition) is 3. The first-order chi connectivity index (χ1) is 10.1. The summed E-state index contributed by atoms with van der Waals surface area (Å²) in [6.45, 7) is 4.51. The van der Waals surface area contributed by atoms with E-state index in [-0.39, 0.29) is 11.8 Å². The molecule has 1 unspecified atom stereocenters. The summed E-state index contributed by atoms with van der Waals surface area (Å²) in [6.07, 6.45) is 6.21. The number of nitrogens with one attached hydrogen (secondary N) is 3. The van der Waals surface area contributed by atoms with Crippen LogP contribution >= 0.6 is 0 Å². The van der Waals surface area contributed by atoms with E-state index in [1.54, 1.807) is 25.4 Å². The molecule has 2 rings (SSSR count). The number of rotatable bonds is 7. The lowest BCUT2D eigenvalue weighted by molar-refractivity contribution is -0.122. The highest BCUT2D eigenvalue weighted by atomic mass is 16.2. The van der Waals surface area contributed by atoms with Crippen molar-refractivity contribution < 1.29 is 9.59 Å². The molecule has 0 aromatic carbocycles. The van der Waals surface area contributed by atoms with Crippen LogP contribution in [0.3, 0.4) is 0 Å². The Morgan fingerprint density at radius 2 is 2.19 bits per heavy atom. The summed E-state index contributed by atoms with van der Waals surface area (Å²) in [5.74, 6) is -0.405. The predicted octanol–water partition coefficient (Wildman–Crippen LogP) is 1.30. The molecule has 0 aliphatic heterocycles. The third-order valence-corrected chi connectivity index (χ3v) is 3.30. The highest BCUT2D eigenvalue weighted by molar-refractivity contribution is 6.01. The molecule has 0 radical (unpaired) electrons. The molecular weight excluding hydrogens is 268 g/mol. The van der Waals surface area contributed by atoms with Gasteiger partial charge < -0.3 is 16.0 Å². The average Bonchev–Trinajstić information content (AvgIpc) is 3.29. The van der Waals surface area contributed by atoms with Crippen LogP contribution in [0.25, 0.3) is 0 Å². The van der Waals surface area contributed by atoms with Gasteiger partial charge in [0.05, 0.1) is 17.4 Å². The summed E-state index contributed by atoms with van der Waals surface area (Å²) in [5, 5.41) is 8.77. The maximum absolute atomic E-state index is 12.3. The van der Waals surface area contributed by atoms with Crippen LogP contribution in [-0.2, 0) is 4.79 Å². The number of carbonyl (C=O) groups is 2. The van der Waals surface area contributed by atoms with Gasteiger partial charge in [-0.1, -0.05) is 6.92 Å². The minimum atomic E-state index is -0.551. The lowest BCUT2D eigenvalue weighted by Crippen LogP contribution is -2.45. The topological polar surface area (TPSA) is 83.1 Å². The zero-order valence-electron chi connectivity index (χ0n) is 12.5.